The monoisotopic (exact) mass is 173 g/mol. The van der Waals surface area contributed by atoms with Crippen molar-refractivity contribution in [2.45, 2.75) is 0 Å². The smallest absolute Gasteiger partial charge is 0.225 e. The fourth-order valence-corrected chi connectivity index (χ4v) is 1.04. The van der Waals surface area contributed by atoms with Crippen LogP contribution in [-0.2, 0) is 0 Å². The lowest BCUT2D eigenvalue weighted by molar-refractivity contribution is 0.574. The third-order valence-electron chi connectivity index (χ3n) is 1.68. The molecule has 2 nitrogen and oxygen atoms in total. The Labute approximate surface area is 75.8 Å². The highest BCUT2D eigenvalue weighted by molar-refractivity contribution is 6.32. The van der Waals surface area contributed by atoms with Gasteiger partial charge in [0.15, 0.2) is 0 Å². The highest BCUT2D eigenvalue weighted by Crippen LogP contribution is 2.15. The Morgan fingerprint density at radius 2 is 2.23 bits per heavy atom. The van der Waals surface area contributed by atoms with E-state index in [0.717, 1.165) is 0 Å². The second kappa shape index (κ2) is 3.05. The zero-order chi connectivity index (χ0) is 9.26. The van der Waals surface area contributed by atoms with E-state index in [4.69, 9.17) is 12.3 Å². The maximum absolute atomic E-state index is 12.8. The van der Waals surface area contributed by atoms with E-state index < -0.39 is 5.82 Å². The first-order valence-corrected chi connectivity index (χ1v) is 3.72. The summed E-state index contributed by atoms with van der Waals surface area (Å²) in [6.07, 6.45) is 2.98. The SMILES string of the molecule is [B]c1cc(-c2ncco2)ccc1F. The van der Waals surface area contributed by atoms with Crippen LogP contribution < -0.4 is 5.46 Å². The lowest BCUT2D eigenvalue weighted by atomic mass is 9.94. The summed E-state index contributed by atoms with van der Waals surface area (Å²) in [7, 11) is 5.38. The third kappa shape index (κ3) is 1.47. The number of halogens is 1. The lowest BCUT2D eigenvalue weighted by Crippen LogP contribution is -2.07. The maximum atomic E-state index is 12.8. The van der Waals surface area contributed by atoms with Crippen LogP contribution >= 0.6 is 0 Å². The van der Waals surface area contributed by atoms with E-state index in [1.807, 2.05) is 0 Å². The summed E-state index contributed by atoms with van der Waals surface area (Å²) in [6, 6.07) is 4.34. The highest BCUT2D eigenvalue weighted by Gasteiger charge is 2.03. The average molecular weight is 173 g/mol. The molecule has 2 aromatic rings. The molecule has 0 saturated heterocycles. The van der Waals surface area contributed by atoms with Gasteiger partial charge < -0.3 is 4.42 Å². The normalized spacial score (nSPS) is 10.2. The number of nitrogens with zero attached hydrogens (tertiary/aromatic N) is 1. The quantitative estimate of drug-likeness (QED) is 0.607. The van der Waals surface area contributed by atoms with Crippen LogP contribution in [-0.4, -0.2) is 12.8 Å². The number of benzene rings is 1. The molecular formula is C9H5BFNO. The van der Waals surface area contributed by atoms with Gasteiger partial charge in [-0.1, -0.05) is 11.5 Å². The molecule has 0 aliphatic rings. The Balaban J connectivity index is 2.49. The summed E-state index contributed by atoms with van der Waals surface area (Å²) in [5.74, 6) is 0.00186. The van der Waals surface area contributed by atoms with E-state index in [2.05, 4.69) is 4.98 Å². The molecular weight excluding hydrogens is 168 g/mol. The van der Waals surface area contributed by atoms with Crippen molar-refractivity contribution in [3.8, 4) is 11.5 Å². The van der Waals surface area contributed by atoms with Gasteiger partial charge in [-0.15, -0.1) is 0 Å². The number of hydrogen-bond acceptors (Lipinski definition) is 2. The van der Waals surface area contributed by atoms with E-state index in [-0.39, 0.29) is 5.46 Å². The Hall–Kier alpha value is -1.58. The molecule has 0 amide bonds. The van der Waals surface area contributed by atoms with Gasteiger partial charge in [0.05, 0.1) is 6.20 Å². The van der Waals surface area contributed by atoms with Gasteiger partial charge in [0.1, 0.15) is 19.9 Å². The van der Waals surface area contributed by atoms with E-state index in [1.165, 1.54) is 24.6 Å². The fourth-order valence-electron chi connectivity index (χ4n) is 1.04. The Kier molecular flexibility index (Phi) is 1.89. The molecule has 2 rings (SSSR count). The molecule has 0 atom stereocenters. The summed E-state index contributed by atoms with van der Waals surface area (Å²) < 4.78 is 17.8. The predicted octanol–water partition coefficient (Wildman–Crippen LogP) is 1.27. The molecule has 0 unspecified atom stereocenters. The van der Waals surface area contributed by atoms with Crippen LogP contribution in [0.3, 0.4) is 0 Å². The van der Waals surface area contributed by atoms with Gasteiger partial charge in [0.25, 0.3) is 0 Å². The molecule has 13 heavy (non-hydrogen) atoms. The topological polar surface area (TPSA) is 26.0 Å². The van der Waals surface area contributed by atoms with Crippen molar-refractivity contribution in [1.82, 2.24) is 4.98 Å². The average Bonchev–Trinajstić information content (AvgIpc) is 2.62. The molecule has 0 aliphatic heterocycles. The third-order valence-corrected chi connectivity index (χ3v) is 1.68. The van der Waals surface area contributed by atoms with Gasteiger partial charge in [-0.25, -0.2) is 9.37 Å². The van der Waals surface area contributed by atoms with Crippen LogP contribution in [0.25, 0.3) is 11.5 Å². The van der Waals surface area contributed by atoms with Crippen LogP contribution in [0.15, 0.2) is 35.1 Å². The van der Waals surface area contributed by atoms with E-state index >= 15 is 0 Å². The van der Waals surface area contributed by atoms with Crippen LogP contribution in [0.5, 0.6) is 0 Å². The molecule has 1 aromatic carbocycles. The van der Waals surface area contributed by atoms with Crippen LogP contribution in [0.4, 0.5) is 4.39 Å². The Bertz CT molecular complexity index is 414. The largest absolute Gasteiger partial charge is 0.445 e. The van der Waals surface area contributed by atoms with Crippen LogP contribution in [0, 0.1) is 5.82 Å². The van der Waals surface area contributed by atoms with Gasteiger partial charge >= 0.3 is 0 Å². The molecule has 0 saturated carbocycles. The van der Waals surface area contributed by atoms with Crippen molar-refractivity contribution in [1.29, 1.82) is 0 Å². The van der Waals surface area contributed by atoms with Gasteiger partial charge in [0, 0.05) is 5.56 Å². The number of rotatable bonds is 1. The van der Waals surface area contributed by atoms with Crippen molar-refractivity contribution in [2.24, 2.45) is 0 Å². The summed E-state index contributed by atoms with van der Waals surface area (Å²) in [5, 5.41) is 0. The Morgan fingerprint density at radius 1 is 1.38 bits per heavy atom. The first-order valence-electron chi connectivity index (χ1n) is 3.72. The Morgan fingerprint density at radius 3 is 2.85 bits per heavy atom. The zero-order valence-electron chi connectivity index (χ0n) is 6.70. The standard InChI is InChI=1S/C9H5BFNO/c10-7-5-6(1-2-8(7)11)9-12-3-4-13-9/h1-5H. The molecule has 1 heterocycles. The van der Waals surface area contributed by atoms with E-state index in [1.54, 1.807) is 6.07 Å². The van der Waals surface area contributed by atoms with Crippen molar-refractivity contribution in [2.75, 3.05) is 0 Å². The summed E-state index contributed by atoms with van der Waals surface area (Å²) in [4.78, 5) is 3.91. The van der Waals surface area contributed by atoms with Crippen LogP contribution in [0.1, 0.15) is 0 Å². The number of oxazole rings is 1. The molecule has 0 aliphatic carbocycles. The van der Waals surface area contributed by atoms with Gasteiger partial charge in [-0.05, 0) is 12.1 Å². The van der Waals surface area contributed by atoms with E-state index in [9.17, 15) is 4.39 Å². The minimum Gasteiger partial charge on any atom is -0.445 e. The molecule has 2 radical (unpaired) electrons. The molecule has 0 N–H and O–H groups in total. The van der Waals surface area contributed by atoms with Crippen molar-refractivity contribution < 1.29 is 8.81 Å². The number of aromatic nitrogens is 1. The summed E-state index contributed by atoms with van der Waals surface area (Å²) >= 11 is 0. The lowest BCUT2D eigenvalue weighted by Gasteiger charge is -1.98. The van der Waals surface area contributed by atoms with Gasteiger partial charge in [-0.2, -0.15) is 0 Å². The molecule has 0 fully saturated rings. The second-order valence-corrected chi connectivity index (χ2v) is 2.57. The fraction of sp³-hybridized carbons (Fsp3) is 0. The zero-order valence-corrected chi connectivity index (χ0v) is 6.70. The second-order valence-electron chi connectivity index (χ2n) is 2.57. The van der Waals surface area contributed by atoms with Gasteiger partial charge in [0.2, 0.25) is 5.89 Å². The minimum atomic E-state index is -0.435. The van der Waals surface area contributed by atoms with Crippen molar-refractivity contribution in [3.63, 3.8) is 0 Å². The first-order chi connectivity index (χ1) is 6.27. The molecule has 0 bridgehead atoms. The molecule has 62 valence electrons. The minimum absolute atomic E-state index is 0.0932. The van der Waals surface area contributed by atoms with Crippen molar-refractivity contribution >= 4 is 13.3 Å². The molecule has 0 spiro atoms. The van der Waals surface area contributed by atoms with E-state index in [0.29, 0.717) is 11.5 Å². The molecule has 1 aromatic heterocycles. The van der Waals surface area contributed by atoms with Gasteiger partial charge in [-0.3, -0.25) is 0 Å². The number of hydrogen-bond donors (Lipinski definition) is 0. The molecule has 4 heteroatoms. The predicted molar refractivity (Wildman–Crippen MR) is 47.3 cm³/mol. The summed E-state index contributed by atoms with van der Waals surface area (Å²) in [6.45, 7) is 0. The van der Waals surface area contributed by atoms with Crippen molar-refractivity contribution in [3.05, 3.63) is 36.5 Å². The summed E-state index contributed by atoms with van der Waals surface area (Å²) in [5.41, 5.74) is 0.764. The highest BCUT2D eigenvalue weighted by atomic mass is 19.1. The maximum Gasteiger partial charge on any atom is 0.225 e. The first kappa shape index (κ1) is 8.04. The van der Waals surface area contributed by atoms with Crippen LogP contribution in [0.2, 0.25) is 0 Å².